The van der Waals surface area contributed by atoms with Crippen LogP contribution < -0.4 is 11.2 Å². The Morgan fingerprint density at radius 3 is 2.62 bits per heavy atom. The van der Waals surface area contributed by atoms with Crippen LogP contribution in [0.4, 0.5) is 5.69 Å². The molecule has 21 heavy (non-hydrogen) atoms. The standard InChI is InChI=1S/C12H10Cl2N4O3/c1-2-21-12(20)10(5-15)18-17-9-3-6(11(16)19)7(13)4-8(9)14/h3-4,17H,2H2,1H3,(H2,16,19). The summed E-state index contributed by atoms with van der Waals surface area (Å²) in [7, 11) is 0. The average Bonchev–Trinajstić information content (AvgIpc) is 2.41. The highest BCUT2D eigenvalue weighted by molar-refractivity contribution is 6.43. The number of rotatable bonds is 5. The smallest absolute Gasteiger partial charge is 0.369 e. The van der Waals surface area contributed by atoms with Crippen molar-refractivity contribution in [3.63, 3.8) is 0 Å². The highest BCUT2D eigenvalue weighted by Crippen LogP contribution is 2.29. The molecule has 0 saturated heterocycles. The quantitative estimate of drug-likeness (QED) is 0.486. The molecule has 0 spiro atoms. The van der Waals surface area contributed by atoms with Crippen molar-refractivity contribution >= 4 is 46.5 Å². The van der Waals surface area contributed by atoms with Crippen molar-refractivity contribution in [3.8, 4) is 6.07 Å². The highest BCUT2D eigenvalue weighted by atomic mass is 35.5. The van der Waals surface area contributed by atoms with Gasteiger partial charge in [-0.2, -0.15) is 10.4 Å². The van der Waals surface area contributed by atoms with E-state index < -0.39 is 17.6 Å². The maximum atomic E-state index is 11.4. The number of nitrogens with two attached hydrogens (primary N) is 1. The Kier molecular flexibility index (Phi) is 5.96. The predicted octanol–water partition coefficient (Wildman–Crippen LogP) is 1.95. The van der Waals surface area contributed by atoms with E-state index in [4.69, 9.17) is 34.2 Å². The molecule has 1 aromatic rings. The summed E-state index contributed by atoms with van der Waals surface area (Å²) >= 11 is 11.7. The fraction of sp³-hybridized carbons (Fsp3) is 0.167. The summed E-state index contributed by atoms with van der Waals surface area (Å²) in [4.78, 5) is 22.5. The second-order valence-electron chi connectivity index (χ2n) is 3.58. The summed E-state index contributed by atoms with van der Waals surface area (Å²) in [5.74, 6) is -1.64. The molecule has 9 heteroatoms. The van der Waals surface area contributed by atoms with Crippen LogP contribution in [0.3, 0.4) is 0 Å². The zero-order valence-corrected chi connectivity index (χ0v) is 12.3. The molecular formula is C12H10Cl2N4O3. The first-order valence-electron chi connectivity index (χ1n) is 5.60. The van der Waals surface area contributed by atoms with Gasteiger partial charge in [-0.3, -0.25) is 10.2 Å². The first-order chi connectivity index (χ1) is 9.90. The van der Waals surface area contributed by atoms with Gasteiger partial charge >= 0.3 is 5.97 Å². The van der Waals surface area contributed by atoms with Crippen LogP contribution in [-0.2, 0) is 9.53 Å². The van der Waals surface area contributed by atoms with E-state index in [1.165, 1.54) is 12.1 Å². The van der Waals surface area contributed by atoms with Gasteiger partial charge in [0.15, 0.2) is 0 Å². The number of amides is 1. The molecule has 0 heterocycles. The summed E-state index contributed by atoms with van der Waals surface area (Å²) in [6.07, 6.45) is 0. The SMILES string of the molecule is CCOC(=O)C(C#N)=NNc1cc(C(N)=O)c(Cl)cc1Cl. The van der Waals surface area contributed by atoms with Crippen molar-refractivity contribution in [2.75, 3.05) is 12.0 Å². The third-order valence-corrected chi connectivity index (χ3v) is 2.81. The first-order valence-corrected chi connectivity index (χ1v) is 6.36. The van der Waals surface area contributed by atoms with Crippen molar-refractivity contribution in [2.45, 2.75) is 6.92 Å². The van der Waals surface area contributed by atoms with Crippen LogP contribution in [0, 0.1) is 11.3 Å². The van der Waals surface area contributed by atoms with Gasteiger partial charge in [-0.25, -0.2) is 4.79 Å². The Balaban J connectivity index is 3.08. The van der Waals surface area contributed by atoms with Crippen molar-refractivity contribution in [1.29, 1.82) is 5.26 Å². The average molecular weight is 329 g/mol. The normalized spacial score (nSPS) is 10.7. The molecule has 0 unspecified atom stereocenters. The number of primary amides is 1. The zero-order chi connectivity index (χ0) is 16.0. The van der Waals surface area contributed by atoms with E-state index in [1.54, 1.807) is 13.0 Å². The third-order valence-electron chi connectivity index (χ3n) is 2.19. The van der Waals surface area contributed by atoms with Crippen LogP contribution in [0.25, 0.3) is 0 Å². The number of nitrogens with zero attached hydrogens (tertiary/aromatic N) is 2. The molecule has 0 aliphatic carbocycles. The summed E-state index contributed by atoms with van der Waals surface area (Å²) in [5, 5.41) is 12.6. The minimum absolute atomic E-state index is 0.0217. The summed E-state index contributed by atoms with van der Waals surface area (Å²) < 4.78 is 4.63. The first kappa shape index (κ1) is 16.8. The van der Waals surface area contributed by atoms with Crippen LogP contribution in [0.2, 0.25) is 10.0 Å². The number of halogens is 2. The van der Waals surface area contributed by atoms with Crippen LogP contribution in [0.1, 0.15) is 17.3 Å². The van der Waals surface area contributed by atoms with Gasteiger partial charge in [-0.05, 0) is 19.1 Å². The van der Waals surface area contributed by atoms with Crippen molar-refractivity contribution in [2.24, 2.45) is 10.8 Å². The van der Waals surface area contributed by atoms with Crippen LogP contribution >= 0.6 is 23.2 Å². The van der Waals surface area contributed by atoms with Gasteiger partial charge < -0.3 is 10.5 Å². The Morgan fingerprint density at radius 2 is 2.10 bits per heavy atom. The molecule has 0 radical (unpaired) electrons. The number of nitrogens with one attached hydrogen (secondary N) is 1. The van der Waals surface area contributed by atoms with Crippen molar-refractivity contribution in [3.05, 3.63) is 27.7 Å². The molecule has 0 bridgehead atoms. The van der Waals surface area contributed by atoms with E-state index in [1.807, 2.05) is 0 Å². The lowest BCUT2D eigenvalue weighted by atomic mass is 10.2. The molecule has 0 fully saturated rings. The number of carbonyl (C=O) groups is 2. The monoisotopic (exact) mass is 328 g/mol. The molecule has 0 saturated carbocycles. The maximum Gasteiger partial charge on any atom is 0.369 e. The van der Waals surface area contributed by atoms with Gasteiger partial charge in [0.2, 0.25) is 11.6 Å². The number of carbonyl (C=O) groups excluding carboxylic acids is 2. The summed E-state index contributed by atoms with van der Waals surface area (Å²) in [6.45, 7) is 1.70. The number of hydrogen-bond acceptors (Lipinski definition) is 6. The molecule has 0 atom stereocenters. The van der Waals surface area contributed by atoms with Gasteiger partial charge in [0.05, 0.1) is 27.9 Å². The number of hydrazone groups is 1. The molecule has 110 valence electrons. The van der Waals surface area contributed by atoms with E-state index in [2.05, 4.69) is 15.3 Å². The number of nitriles is 1. The zero-order valence-electron chi connectivity index (χ0n) is 10.8. The van der Waals surface area contributed by atoms with Crippen molar-refractivity contribution < 1.29 is 14.3 Å². The van der Waals surface area contributed by atoms with Gasteiger partial charge in [-0.1, -0.05) is 23.2 Å². The Hall–Kier alpha value is -2.30. The van der Waals surface area contributed by atoms with Crippen LogP contribution in [0.5, 0.6) is 0 Å². The van der Waals surface area contributed by atoms with Crippen LogP contribution in [-0.4, -0.2) is 24.2 Å². The van der Waals surface area contributed by atoms with Gasteiger partial charge in [0.25, 0.3) is 0 Å². The predicted molar refractivity (Wildman–Crippen MR) is 78.3 cm³/mol. The van der Waals surface area contributed by atoms with E-state index in [-0.39, 0.29) is 27.9 Å². The van der Waals surface area contributed by atoms with E-state index in [0.717, 1.165) is 0 Å². The lowest BCUT2D eigenvalue weighted by Crippen LogP contribution is -2.17. The lowest BCUT2D eigenvalue weighted by Gasteiger charge is -2.07. The number of hydrogen-bond donors (Lipinski definition) is 2. The van der Waals surface area contributed by atoms with Crippen molar-refractivity contribution in [1.82, 2.24) is 0 Å². The maximum absolute atomic E-state index is 11.4. The number of anilines is 1. The summed E-state index contributed by atoms with van der Waals surface area (Å²) in [6, 6.07) is 4.13. The van der Waals surface area contributed by atoms with Gasteiger partial charge in [0, 0.05) is 0 Å². The van der Waals surface area contributed by atoms with E-state index >= 15 is 0 Å². The minimum Gasteiger partial charge on any atom is -0.461 e. The molecule has 0 aliphatic rings. The fourth-order valence-electron chi connectivity index (χ4n) is 1.26. The van der Waals surface area contributed by atoms with Gasteiger partial charge in [0.1, 0.15) is 6.07 Å². The molecule has 7 nitrogen and oxygen atoms in total. The number of esters is 1. The molecule has 3 N–H and O–H groups in total. The molecular weight excluding hydrogens is 319 g/mol. The van der Waals surface area contributed by atoms with Gasteiger partial charge in [-0.15, -0.1) is 0 Å². The fourth-order valence-corrected chi connectivity index (χ4v) is 1.77. The molecule has 1 rings (SSSR count). The third kappa shape index (κ3) is 4.34. The topological polar surface area (TPSA) is 118 Å². The summed E-state index contributed by atoms with van der Waals surface area (Å²) in [5.41, 5.74) is 7.22. The van der Waals surface area contributed by atoms with E-state index in [9.17, 15) is 9.59 Å². The highest BCUT2D eigenvalue weighted by Gasteiger charge is 2.14. The van der Waals surface area contributed by atoms with Crippen LogP contribution in [0.15, 0.2) is 17.2 Å². The molecule has 0 aliphatic heterocycles. The number of ether oxygens (including phenoxy) is 1. The lowest BCUT2D eigenvalue weighted by molar-refractivity contribution is -0.134. The largest absolute Gasteiger partial charge is 0.461 e. The minimum atomic E-state index is -0.882. The van der Waals surface area contributed by atoms with E-state index in [0.29, 0.717) is 0 Å². The Bertz CT molecular complexity index is 653. The molecule has 1 amide bonds. The second kappa shape index (κ2) is 7.47. The Morgan fingerprint density at radius 1 is 1.43 bits per heavy atom. The number of benzene rings is 1. The molecule has 1 aromatic carbocycles. The molecule has 0 aromatic heterocycles. The second-order valence-corrected chi connectivity index (χ2v) is 4.40. The Labute approximate surface area is 130 Å².